The predicted octanol–water partition coefficient (Wildman–Crippen LogP) is 3.84. The molecular formula is C17H11ClN2O3. The van der Waals surface area contributed by atoms with Crippen LogP contribution in [0, 0.1) is 18.3 Å². The molecule has 0 amide bonds. The van der Waals surface area contributed by atoms with E-state index in [9.17, 15) is 15.2 Å². The number of carboxylic acids is 1. The summed E-state index contributed by atoms with van der Waals surface area (Å²) in [6.07, 6.45) is 1.79. The van der Waals surface area contributed by atoms with E-state index in [4.69, 9.17) is 16.7 Å². The zero-order valence-corrected chi connectivity index (χ0v) is 12.8. The number of hydrogen-bond donors (Lipinski definition) is 2. The number of aryl methyl sites for hydroxylation is 1. The summed E-state index contributed by atoms with van der Waals surface area (Å²) in [6, 6.07) is 9.87. The van der Waals surface area contributed by atoms with Crippen LogP contribution in [-0.4, -0.2) is 20.6 Å². The molecule has 5 nitrogen and oxygen atoms in total. The highest BCUT2D eigenvalue weighted by atomic mass is 35.5. The molecule has 23 heavy (non-hydrogen) atoms. The van der Waals surface area contributed by atoms with Crippen LogP contribution >= 0.6 is 11.6 Å². The Morgan fingerprint density at radius 1 is 1.30 bits per heavy atom. The summed E-state index contributed by atoms with van der Waals surface area (Å²) in [5.41, 5.74) is 2.91. The third-order valence-corrected chi connectivity index (χ3v) is 4.19. The van der Waals surface area contributed by atoms with E-state index in [2.05, 4.69) is 6.07 Å². The Morgan fingerprint density at radius 3 is 2.65 bits per heavy atom. The van der Waals surface area contributed by atoms with Gasteiger partial charge in [0.05, 0.1) is 21.8 Å². The molecule has 3 aromatic rings. The molecule has 0 atom stereocenters. The molecule has 0 saturated heterocycles. The first kappa shape index (κ1) is 14.9. The molecule has 0 saturated carbocycles. The van der Waals surface area contributed by atoms with E-state index in [0.717, 1.165) is 5.56 Å². The Bertz CT molecular complexity index is 999. The van der Waals surface area contributed by atoms with E-state index in [1.54, 1.807) is 22.7 Å². The van der Waals surface area contributed by atoms with Crippen molar-refractivity contribution in [1.82, 2.24) is 4.40 Å². The number of aromatic nitrogens is 1. The Morgan fingerprint density at radius 2 is 2.04 bits per heavy atom. The molecule has 0 radical (unpaired) electrons. The number of phenols is 1. The molecule has 0 aliphatic heterocycles. The van der Waals surface area contributed by atoms with Gasteiger partial charge < -0.3 is 14.6 Å². The number of fused-ring (bicyclic) bond motifs is 1. The van der Waals surface area contributed by atoms with Crippen LogP contribution < -0.4 is 0 Å². The molecule has 2 aromatic heterocycles. The number of nitrogens with zero attached hydrogens (tertiary/aromatic N) is 2. The smallest absolute Gasteiger partial charge is 0.339 e. The van der Waals surface area contributed by atoms with E-state index < -0.39 is 5.97 Å². The fourth-order valence-corrected chi connectivity index (χ4v) is 2.79. The van der Waals surface area contributed by atoms with Gasteiger partial charge in [-0.25, -0.2) is 4.79 Å². The van der Waals surface area contributed by atoms with Gasteiger partial charge in [-0.2, -0.15) is 5.26 Å². The topological polar surface area (TPSA) is 85.7 Å². The second-order valence-electron chi connectivity index (χ2n) is 5.12. The molecule has 0 fully saturated rings. The average Bonchev–Trinajstić information content (AvgIpc) is 2.89. The predicted molar refractivity (Wildman–Crippen MR) is 85.9 cm³/mol. The molecule has 6 heteroatoms. The quantitative estimate of drug-likeness (QED) is 0.749. The molecule has 0 aliphatic carbocycles. The molecule has 2 heterocycles. The Balaban J connectivity index is 2.30. The molecule has 0 spiro atoms. The van der Waals surface area contributed by atoms with Gasteiger partial charge in [-0.1, -0.05) is 17.7 Å². The summed E-state index contributed by atoms with van der Waals surface area (Å²) in [6.45, 7) is 1.85. The number of halogens is 1. The zero-order chi connectivity index (χ0) is 16.7. The second-order valence-corrected chi connectivity index (χ2v) is 5.50. The molecule has 0 bridgehead atoms. The number of carboxylic acid groups (broad SMARTS) is 1. The summed E-state index contributed by atoms with van der Waals surface area (Å²) in [5, 5.41) is 28.7. The standard InChI is InChI=1S/C17H11ClN2O3/c1-9-4-5-20-13(6-11(8-19)16(20)15(9)18)10-2-3-12(17(22)23)14(21)7-10/h2-7,21H,1H3,(H,22,23). The van der Waals surface area contributed by atoms with E-state index in [-0.39, 0.29) is 11.3 Å². The molecule has 0 aliphatic rings. The van der Waals surface area contributed by atoms with Crippen LogP contribution in [0.25, 0.3) is 16.8 Å². The second kappa shape index (κ2) is 5.34. The van der Waals surface area contributed by atoms with Crippen molar-refractivity contribution in [2.75, 3.05) is 0 Å². The van der Waals surface area contributed by atoms with Gasteiger partial charge in [-0.15, -0.1) is 0 Å². The van der Waals surface area contributed by atoms with Gasteiger partial charge in [0.15, 0.2) is 0 Å². The van der Waals surface area contributed by atoms with E-state index >= 15 is 0 Å². The molecular weight excluding hydrogens is 316 g/mol. The molecule has 2 N–H and O–H groups in total. The van der Waals surface area contributed by atoms with Crippen molar-refractivity contribution in [2.45, 2.75) is 6.92 Å². The van der Waals surface area contributed by atoms with Crippen LogP contribution in [0.15, 0.2) is 36.5 Å². The normalized spacial score (nSPS) is 10.7. The average molecular weight is 327 g/mol. The van der Waals surface area contributed by atoms with Crippen molar-refractivity contribution in [3.8, 4) is 23.1 Å². The Labute approximate surface area is 136 Å². The Kier molecular flexibility index (Phi) is 3.47. The summed E-state index contributed by atoms with van der Waals surface area (Å²) < 4.78 is 1.75. The largest absolute Gasteiger partial charge is 0.507 e. The number of aromatic carboxylic acids is 1. The van der Waals surface area contributed by atoms with E-state index in [1.807, 2.05) is 13.0 Å². The number of pyridine rings is 1. The minimum atomic E-state index is -1.20. The lowest BCUT2D eigenvalue weighted by atomic mass is 10.1. The third kappa shape index (κ3) is 2.30. The monoisotopic (exact) mass is 326 g/mol. The lowest BCUT2D eigenvalue weighted by Crippen LogP contribution is -1.97. The fourth-order valence-electron chi connectivity index (χ4n) is 2.53. The first-order valence-electron chi connectivity index (χ1n) is 6.71. The zero-order valence-electron chi connectivity index (χ0n) is 12.0. The number of nitriles is 1. The number of aromatic hydroxyl groups is 1. The van der Waals surface area contributed by atoms with Crippen LogP contribution in [0.3, 0.4) is 0 Å². The number of hydrogen-bond acceptors (Lipinski definition) is 3. The lowest BCUT2D eigenvalue weighted by Gasteiger charge is -2.07. The fraction of sp³-hybridized carbons (Fsp3) is 0.0588. The third-order valence-electron chi connectivity index (χ3n) is 3.71. The Hall–Kier alpha value is -2.97. The minimum absolute atomic E-state index is 0.177. The first-order valence-corrected chi connectivity index (χ1v) is 7.08. The van der Waals surface area contributed by atoms with E-state index in [0.29, 0.717) is 27.4 Å². The van der Waals surface area contributed by atoms with Gasteiger partial charge in [0.2, 0.25) is 0 Å². The maximum absolute atomic E-state index is 11.0. The number of rotatable bonds is 2. The summed E-state index contributed by atoms with van der Waals surface area (Å²) >= 11 is 6.31. The lowest BCUT2D eigenvalue weighted by molar-refractivity contribution is 0.0694. The highest BCUT2D eigenvalue weighted by Crippen LogP contribution is 2.33. The molecule has 0 unspecified atom stereocenters. The van der Waals surface area contributed by atoms with Crippen molar-refractivity contribution in [1.29, 1.82) is 5.26 Å². The summed E-state index contributed by atoms with van der Waals surface area (Å²) in [4.78, 5) is 11.0. The van der Waals surface area contributed by atoms with Gasteiger partial charge in [0.25, 0.3) is 0 Å². The van der Waals surface area contributed by atoms with Gasteiger partial charge in [-0.05, 0) is 36.8 Å². The van der Waals surface area contributed by atoms with Crippen LogP contribution in [0.4, 0.5) is 0 Å². The summed E-state index contributed by atoms with van der Waals surface area (Å²) in [7, 11) is 0. The van der Waals surface area contributed by atoms with E-state index in [1.165, 1.54) is 12.1 Å². The minimum Gasteiger partial charge on any atom is -0.507 e. The van der Waals surface area contributed by atoms with Crippen molar-refractivity contribution in [3.05, 3.63) is 58.2 Å². The van der Waals surface area contributed by atoms with Crippen LogP contribution in [0.5, 0.6) is 5.75 Å². The first-order chi connectivity index (χ1) is 10.9. The maximum Gasteiger partial charge on any atom is 0.339 e. The van der Waals surface area contributed by atoms with Gasteiger partial charge >= 0.3 is 5.97 Å². The van der Waals surface area contributed by atoms with Crippen LogP contribution in [0.2, 0.25) is 5.02 Å². The molecule has 1 aromatic carbocycles. The molecule has 114 valence electrons. The SMILES string of the molecule is Cc1ccn2c(-c3ccc(C(=O)O)c(O)c3)cc(C#N)c2c1Cl. The van der Waals surface area contributed by atoms with Gasteiger partial charge in [0, 0.05) is 11.8 Å². The van der Waals surface area contributed by atoms with Gasteiger partial charge in [0.1, 0.15) is 17.4 Å². The van der Waals surface area contributed by atoms with Crippen LogP contribution in [-0.2, 0) is 0 Å². The van der Waals surface area contributed by atoms with Crippen molar-refractivity contribution in [2.24, 2.45) is 0 Å². The highest BCUT2D eigenvalue weighted by molar-refractivity contribution is 6.35. The highest BCUT2D eigenvalue weighted by Gasteiger charge is 2.16. The number of benzene rings is 1. The summed E-state index contributed by atoms with van der Waals surface area (Å²) in [5.74, 6) is -1.54. The van der Waals surface area contributed by atoms with Crippen molar-refractivity contribution in [3.63, 3.8) is 0 Å². The number of carbonyl (C=O) groups is 1. The van der Waals surface area contributed by atoms with Gasteiger partial charge in [-0.3, -0.25) is 0 Å². The maximum atomic E-state index is 11.0. The van der Waals surface area contributed by atoms with Crippen molar-refractivity contribution >= 4 is 23.1 Å². The molecule has 3 rings (SSSR count). The van der Waals surface area contributed by atoms with Crippen molar-refractivity contribution < 1.29 is 15.0 Å². The van der Waals surface area contributed by atoms with Crippen LogP contribution in [0.1, 0.15) is 21.5 Å².